The number of methoxy groups -OCH3 is 2. The molecule has 1 saturated heterocycles. The lowest BCUT2D eigenvalue weighted by atomic mass is 9.78. The van der Waals surface area contributed by atoms with Crippen molar-refractivity contribution >= 4 is 17.5 Å². The minimum atomic E-state index is -0.444. The Labute approximate surface area is 142 Å². The van der Waals surface area contributed by atoms with E-state index in [0.29, 0.717) is 18.2 Å². The Morgan fingerprint density at radius 3 is 2.65 bits per heavy atom. The Kier molecular flexibility index (Phi) is 6.27. The molecule has 2 rings (SSSR count). The molecule has 0 bridgehead atoms. The van der Waals surface area contributed by atoms with Gasteiger partial charge in [-0.05, 0) is 44.1 Å². The highest BCUT2D eigenvalue weighted by Gasteiger charge is 2.41. The number of carbonyl (C=O) groups is 1. The molecule has 6 heteroatoms. The molecule has 0 radical (unpaired) electrons. The van der Waals surface area contributed by atoms with E-state index < -0.39 is 5.41 Å². The summed E-state index contributed by atoms with van der Waals surface area (Å²) in [5.74, 6) is 0.850. The molecule has 0 aliphatic carbocycles. The highest BCUT2D eigenvalue weighted by molar-refractivity contribution is 6.30. The van der Waals surface area contributed by atoms with Crippen LogP contribution in [0.4, 0.5) is 0 Å². The Hall–Kier alpha value is -1.30. The molecule has 1 N–H and O–H groups in total. The van der Waals surface area contributed by atoms with Gasteiger partial charge in [-0.3, -0.25) is 4.79 Å². The standard InChI is InChI=1S/C17H25ClN2O3/c1-20(11-13-10-14(18)4-5-15(13)23-3)16(21)17(12-22-2)6-8-19-9-7-17/h4-5,10,19H,6-9,11-12H2,1-3H3. The van der Waals surface area contributed by atoms with Crippen molar-refractivity contribution in [2.24, 2.45) is 5.41 Å². The fourth-order valence-corrected chi connectivity index (χ4v) is 3.40. The molecule has 1 aliphatic heterocycles. The van der Waals surface area contributed by atoms with E-state index in [0.717, 1.165) is 37.2 Å². The Bertz CT molecular complexity index is 539. The van der Waals surface area contributed by atoms with Crippen molar-refractivity contribution in [3.63, 3.8) is 0 Å². The summed E-state index contributed by atoms with van der Waals surface area (Å²) in [5, 5.41) is 3.94. The molecular formula is C17H25ClN2O3. The lowest BCUT2D eigenvalue weighted by Crippen LogP contribution is -2.50. The van der Waals surface area contributed by atoms with Gasteiger partial charge in [-0.2, -0.15) is 0 Å². The first-order chi connectivity index (χ1) is 11.0. The van der Waals surface area contributed by atoms with Crippen molar-refractivity contribution in [1.82, 2.24) is 10.2 Å². The van der Waals surface area contributed by atoms with Crippen molar-refractivity contribution in [2.75, 3.05) is 41.0 Å². The number of nitrogens with zero attached hydrogens (tertiary/aromatic N) is 1. The maximum atomic E-state index is 13.0. The van der Waals surface area contributed by atoms with E-state index in [9.17, 15) is 4.79 Å². The second-order valence-electron chi connectivity index (χ2n) is 6.08. The second kappa shape index (κ2) is 7.99. The summed E-state index contributed by atoms with van der Waals surface area (Å²) < 4.78 is 10.7. The monoisotopic (exact) mass is 340 g/mol. The lowest BCUT2D eigenvalue weighted by Gasteiger charge is -2.38. The van der Waals surface area contributed by atoms with Crippen LogP contribution >= 0.6 is 11.6 Å². The van der Waals surface area contributed by atoms with E-state index >= 15 is 0 Å². The van der Waals surface area contributed by atoms with Crippen LogP contribution in [0.25, 0.3) is 0 Å². The fraction of sp³-hybridized carbons (Fsp3) is 0.588. The maximum Gasteiger partial charge on any atom is 0.231 e. The van der Waals surface area contributed by atoms with Crippen molar-refractivity contribution in [1.29, 1.82) is 0 Å². The predicted molar refractivity (Wildman–Crippen MR) is 90.9 cm³/mol. The summed E-state index contributed by atoms with van der Waals surface area (Å²) in [6, 6.07) is 5.45. The Morgan fingerprint density at radius 1 is 1.35 bits per heavy atom. The number of rotatable bonds is 6. The summed E-state index contributed by atoms with van der Waals surface area (Å²) in [5.41, 5.74) is 0.456. The van der Waals surface area contributed by atoms with Gasteiger partial charge in [0.05, 0.1) is 19.1 Å². The third-order valence-corrected chi connectivity index (χ3v) is 4.67. The average Bonchev–Trinajstić information content (AvgIpc) is 2.55. The number of benzene rings is 1. The number of carbonyl (C=O) groups excluding carboxylic acids is 1. The van der Waals surface area contributed by atoms with E-state index in [1.165, 1.54) is 0 Å². The minimum Gasteiger partial charge on any atom is -0.496 e. The average molecular weight is 341 g/mol. The molecule has 128 valence electrons. The molecule has 0 saturated carbocycles. The number of nitrogens with one attached hydrogen (secondary N) is 1. The van der Waals surface area contributed by atoms with Crippen molar-refractivity contribution < 1.29 is 14.3 Å². The molecule has 0 aromatic heterocycles. The molecule has 1 aromatic carbocycles. The summed E-state index contributed by atoms with van der Waals surface area (Å²) in [7, 11) is 5.09. The lowest BCUT2D eigenvalue weighted by molar-refractivity contribution is -0.146. The van der Waals surface area contributed by atoms with E-state index in [-0.39, 0.29) is 5.91 Å². The number of hydrogen-bond acceptors (Lipinski definition) is 4. The van der Waals surface area contributed by atoms with Gasteiger partial charge in [0.2, 0.25) is 5.91 Å². The van der Waals surface area contributed by atoms with E-state index in [2.05, 4.69) is 5.32 Å². The van der Waals surface area contributed by atoms with Crippen LogP contribution in [-0.2, 0) is 16.1 Å². The first kappa shape index (κ1) is 18.0. The Balaban J connectivity index is 2.17. The maximum absolute atomic E-state index is 13.0. The molecule has 0 atom stereocenters. The first-order valence-electron chi connectivity index (χ1n) is 7.80. The molecule has 1 heterocycles. The highest BCUT2D eigenvalue weighted by Crippen LogP contribution is 2.32. The molecule has 23 heavy (non-hydrogen) atoms. The van der Waals surface area contributed by atoms with Crippen LogP contribution < -0.4 is 10.1 Å². The molecule has 0 unspecified atom stereocenters. The van der Waals surface area contributed by atoms with Gasteiger partial charge in [0.15, 0.2) is 0 Å². The van der Waals surface area contributed by atoms with E-state index in [4.69, 9.17) is 21.1 Å². The van der Waals surface area contributed by atoms with Crippen LogP contribution in [0.3, 0.4) is 0 Å². The van der Waals surface area contributed by atoms with Crippen molar-refractivity contribution in [2.45, 2.75) is 19.4 Å². The van der Waals surface area contributed by atoms with Crippen LogP contribution in [0.1, 0.15) is 18.4 Å². The van der Waals surface area contributed by atoms with E-state index in [1.54, 1.807) is 25.2 Å². The molecule has 1 aromatic rings. The third kappa shape index (κ3) is 4.16. The van der Waals surface area contributed by atoms with Gasteiger partial charge in [0.25, 0.3) is 0 Å². The number of halogens is 1. The van der Waals surface area contributed by atoms with Crippen LogP contribution in [0.2, 0.25) is 5.02 Å². The van der Waals surface area contributed by atoms with Crippen LogP contribution in [0.5, 0.6) is 5.75 Å². The Morgan fingerprint density at radius 2 is 2.04 bits per heavy atom. The zero-order valence-electron chi connectivity index (χ0n) is 14.0. The minimum absolute atomic E-state index is 0.114. The van der Waals surface area contributed by atoms with Gasteiger partial charge in [-0.1, -0.05) is 11.6 Å². The normalized spacial score (nSPS) is 16.9. The van der Waals surface area contributed by atoms with Gasteiger partial charge in [-0.25, -0.2) is 0 Å². The largest absolute Gasteiger partial charge is 0.496 e. The molecule has 0 spiro atoms. The smallest absolute Gasteiger partial charge is 0.231 e. The van der Waals surface area contributed by atoms with Crippen molar-refractivity contribution in [3.05, 3.63) is 28.8 Å². The van der Waals surface area contributed by atoms with Crippen LogP contribution in [-0.4, -0.2) is 51.8 Å². The van der Waals surface area contributed by atoms with Crippen LogP contribution in [0.15, 0.2) is 18.2 Å². The third-order valence-electron chi connectivity index (χ3n) is 4.43. The highest BCUT2D eigenvalue weighted by atomic mass is 35.5. The predicted octanol–water partition coefficient (Wildman–Crippen LogP) is 2.32. The quantitative estimate of drug-likeness (QED) is 0.863. The number of hydrogen-bond donors (Lipinski definition) is 1. The van der Waals surface area contributed by atoms with E-state index in [1.807, 2.05) is 19.2 Å². The second-order valence-corrected chi connectivity index (χ2v) is 6.52. The van der Waals surface area contributed by atoms with Gasteiger partial charge in [-0.15, -0.1) is 0 Å². The molecule has 1 aliphatic rings. The molecular weight excluding hydrogens is 316 g/mol. The fourth-order valence-electron chi connectivity index (χ4n) is 3.20. The van der Waals surface area contributed by atoms with Gasteiger partial charge in [0.1, 0.15) is 5.75 Å². The number of amides is 1. The topological polar surface area (TPSA) is 50.8 Å². The zero-order chi connectivity index (χ0) is 16.9. The van der Waals surface area contributed by atoms with Crippen LogP contribution in [0, 0.1) is 5.41 Å². The van der Waals surface area contributed by atoms with Gasteiger partial charge < -0.3 is 19.7 Å². The summed E-state index contributed by atoms with van der Waals surface area (Å²) >= 11 is 6.08. The van der Waals surface area contributed by atoms with Crippen molar-refractivity contribution in [3.8, 4) is 5.75 Å². The van der Waals surface area contributed by atoms with Gasteiger partial charge >= 0.3 is 0 Å². The zero-order valence-corrected chi connectivity index (χ0v) is 14.8. The molecule has 1 amide bonds. The van der Waals surface area contributed by atoms with Gasteiger partial charge in [0, 0.05) is 31.3 Å². The number of piperidine rings is 1. The first-order valence-corrected chi connectivity index (χ1v) is 8.18. The number of ether oxygens (including phenoxy) is 2. The summed E-state index contributed by atoms with van der Waals surface area (Å²) in [6.07, 6.45) is 1.58. The summed E-state index contributed by atoms with van der Waals surface area (Å²) in [4.78, 5) is 14.8. The molecule has 5 nitrogen and oxygen atoms in total. The summed E-state index contributed by atoms with van der Waals surface area (Å²) in [6.45, 7) is 2.58. The SMILES string of the molecule is COCC1(C(=O)N(C)Cc2cc(Cl)ccc2OC)CCNCC1. The molecule has 1 fully saturated rings.